The molecule has 1 aliphatic rings. The van der Waals surface area contributed by atoms with E-state index < -0.39 is 10.2 Å². The molecule has 0 bridgehead atoms. The second-order valence-electron chi connectivity index (χ2n) is 4.82. The summed E-state index contributed by atoms with van der Waals surface area (Å²) in [6.07, 6.45) is 2.48. The van der Waals surface area contributed by atoms with Crippen molar-refractivity contribution in [1.29, 1.82) is 0 Å². The van der Waals surface area contributed by atoms with Gasteiger partial charge in [-0.2, -0.15) is 17.0 Å². The normalized spacial score (nSPS) is 22.3. The quantitative estimate of drug-likeness (QED) is 0.741. The van der Waals surface area contributed by atoms with Gasteiger partial charge in [-0.05, 0) is 18.8 Å². The van der Waals surface area contributed by atoms with Crippen molar-refractivity contribution in [2.24, 2.45) is 11.7 Å². The van der Waals surface area contributed by atoms with Gasteiger partial charge >= 0.3 is 0 Å². The van der Waals surface area contributed by atoms with Crippen molar-refractivity contribution < 1.29 is 8.42 Å². The number of thiocarbonyl (C=S) groups is 1. The van der Waals surface area contributed by atoms with Crippen molar-refractivity contribution >= 4 is 27.4 Å². The summed E-state index contributed by atoms with van der Waals surface area (Å²) in [7, 11) is -3.35. The van der Waals surface area contributed by atoms with E-state index in [4.69, 9.17) is 18.0 Å². The van der Waals surface area contributed by atoms with E-state index in [0.717, 1.165) is 12.8 Å². The lowest BCUT2D eigenvalue weighted by Gasteiger charge is -2.34. The molecule has 0 amide bonds. The molecule has 0 aromatic rings. The van der Waals surface area contributed by atoms with Crippen LogP contribution in [-0.4, -0.2) is 48.2 Å². The maximum atomic E-state index is 12.4. The van der Waals surface area contributed by atoms with E-state index in [1.54, 1.807) is 4.31 Å². The third-order valence-corrected chi connectivity index (χ3v) is 5.51. The van der Waals surface area contributed by atoms with Crippen LogP contribution in [0.15, 0.2) is 0 Å². The lowest BCUT2D eigenvalue weighted by Crippen LogP contribution is -2.48. The summed E-state index contributed by atoms with van der Waals surface area (Å²) in [5.41, 5.74) is 5.44. The second-order valence-corrected chi connectivity index (χ2v) is 7.27. The van der Waals surface area contributed by atoms with Gasteiger partial charge in [0.15, 0.2) is 0 Å². The molecule has 5 nitrogen and oxygen atoms in total. The highest BCUT2D eigenvalue weighted by atomic mass is 32.2. The van der Waals surface area contributed by atoms with Gasteiger partial charge < -0.3 is 5.73 Å². The molecule has 0 radical (unpaired) electrons. The summed E-state index contributed by atoms with van der Waals surface area (Å²) in [6.45, 7) is 5.99. The molecule has 0 aromatic heterocycles. The molecule has 106 valence electrons. The van der Waals surface area contributed by atoms with Gasteiger partial charge in [-0.1, -0.05) is 26.1 Å². The van der Waals surface area contributed by atoms with Crippen LogP contribution in [-0.2, 0) is 10.2 Å². The van der Waals surface area contributed by atoms with Gasteiger partial charge in [-0.3, -0.25) is 0 Å². The molecule has 2 N–H and O–H groups in total. The summed E-state index contributed by atoms with van der Waals surface area (Å²) < 4.78 is 27.9. The van der Waals surface area contributed by atoms with Gasteiger partial charge in [0.05, 0.1) is 4.99 Å². The molecule has 1 fully saturated rings. The fourth-order valence-electron chi connectivity index (χ4n) is 2.19. The molecule has 1 saturated heterocycles. The van der Waals surface area contributed by atoms with Gasteiger partial charge in [0.25, 0.3) is 10.2 Å². The number of rotatable bonds is 6. The highest BCUT2D eigenvalue weighted by Crippen LogP contribution is 2.20. The zero-order chi connectivity index (χ0) is 13.8. The van der Waals surface area contributed by atoms with Gasteiger partial charge in [0.1, 0.15) is 0 Å². The van der Waals surface area contributed by atoms with Gasteiger partial charge in [-0.15, -0.1) is 0 Å². The van der Waals surface area contributed by atoms with Crippen molar-refractivity contribution in [3.8, 4) is 0 Å². The van der Waals surface area contributed by atoms with Gasteiger partial charge in [-0.25, -0.2) is 0 Å². The number of nitrogens with two attached hydrogens (primary N) is 1. The Hall–Kier alpha value is -0.240. The summed E-state index contributed by atoms with van der Waals surface area (Å²) in [5, 5.41) is 0. The van der Waals surface area contributed by atoms with Gasteiger partial charge in [0, 0.05) is 32.6 Å². The minimum Gasteiger partial charge on any atom is -0.393 e. The zero-order valence-electron chi connectivity index (χ0n) is 11.1. The minimum atomic E-state index is -3.35. The maximum Gasteiger partial charge on any atom is 0.281 e. The molecule has 7 heteroatoms. The number of nitrogens with zero attached hydrogens (tertiary/aromatic N) is 2. The first-order valence-electron chi connectivity index (χ1n) is 6.41. The molecule has 1 heterocycles. The summed E-state index contributed by atoms with van der Waals surface area (Å²) in [4.78, 5) is 0.357. The van der Waals surface area contributed by atoms with E-state index in [9.17, 15) is 8.42 Å². The highest BCUT2D eigenvalue weighted by Gasteiger charge is 2.31. The molecule has 0 aromatic carbocycles. The van der Waals surface area contributed by atoms with E-state index in [0.29, 0.717) is 43.5 Å². The van der Waals surface area contributed by atoms with Crippen molar-refractivity contribution in [2.45, 2.75) is 33.1 Å². The first kappa shape index (κ1) is 15.8. The maximum absolute atomic E-state index is 12.4. The molecule has 0 saturated carbocycles. The zero-order valence-corrected chi connectivity index (χ0v) is 12.8. The molecule has 1 rings (SSSR count). The Morgan fingerprint density at radius 1 is 1.56 bits per heavy atom. The van der Waals surface area contributed by atoms with Crippen LogP contribution in [0.25, 0.3) is 0 Å². The van der Waals surface area contributed by atoms with Crippen LogP contribution in [0.4, 0.5) is 0 Å². The smallest absolute Gasteiger partial charge is 0.281 e. The van der Waals surface area contributed by atoms with Crippen LogP contribution in [0.5, 0.6) is 0 Å². The molecule has 1 atom stereocenters. The van der Waals surface area contributed by atoms with Crippen molar-refractivity contribution in [3.63, 3.8) is 0 Å². The topological polar surface area (TPSA) is 66.6 Å². The number of hydrogen-bond donors (Lipinski definition) is 1. The van der Waals surface area contributed by atoms with E-state index in [1.807, 2.05) is 6.92 Å². The molecule has 0 spiro atoms. The summed E-state index contributed by atoms with van der Waals surface area (Å²) >= 11 is 4.80. The Balaban J connectivity index is 2.72. The lowest BCUT2D eigenvalue weighted by atomic mass is 10.0. The number of piperidine rings is 1. The molecule has 1 unspecified atom stereocenters. The fourth-order valence-corrected chi connectivity index (χ4v) is 4.06. The van der Waals surface area contributed by atoms with Gasteiger partial charge in [0.2, 0.25) is 0 Å². The third kappa shape index (κ3) is 4.15. The first-order valence-corrected chi connectivity index (χ1v) is 8.22. The van der Waals surface area contributed by atoms with Crippen LogP contribution in [0.3, 0.4) is 0 Å². The van der Waals surface area contributed by atoms with Crippen LogP contribution >= 0.6 is 12.2 Å². The molecular formula is C11H23N3O2S2. The van der Waals surface area contributed by atoms with Crippen LogP contribution < -0.4 is 5.73 Å². The molecular weight excluding hydrogens is 270 g/mol. The minimum absolute atomic E-state index is 0.357. The Kier molecular flexibility index (Phi) is 5.97. The molecule has 0 aliphatic carbocycles. The Morgan fingerprint density at radius 2 is 2.22 bits per heavy atom. The second kappa shape index (κ2) is 6.79. The van der Waals surface area contributed by atoms with Crippen LogP contribution in [0, 0.1) is 5.92 Å². The Labute approximate surface area is 115 Å². The molecule has 1 aliphatic heterocycles. The lowest BCUT2D eigenvalue weighted by molar-refractivity contribution is 0.260. The average molecular weight is 293 g/mol. The van der Waals surface area contributed by atoms with Crippen LogP contribution in [0.1, 0.15) is 33.1 Å². The average Bonchev–Trinajstić information content (AvgIpc) is 2.29. The Morgan fingerprint density at radius 3 is 2.72 bits per heavy atom. The number of hydrogen-bond acceptors (Lipinski definition) is 3. The summed E-state index contributed by atoms with van der Waals surface area (Å²) in [5.74, 6) is 0.433. The van der Waals surface area contributed by atoms with E-state index in [1.165, 1.54) is 4.31 Å². The monoisotopic (exact) mass is 293 g/mol. The molecule has 18 heavy (non-hydrogen) atoms. The third-order valence-electron chi connectivity index (χ3n) is 3.23. The van der Waals surface area contributed by atoms with Crippen LogP contribution in [0.2, 0.25) is 0 Å². The SMILES string of the molecule is CCN(CCC(N)=S)S(=O)(=O)N1CCCC(C)C1. The van der Waals surface area contributed by atoms with Crippen molar-refractivity contribution in [2.75, 3.05) is 26.2 Å². The van der Waals surface area contributed by atoms with Crippen molar-refractivity contribution in [1.82, 2.24) is 8.61 Å². The summed E-state index contributed by atoms with van der Waals surface area (Å²) in [6, 6.07) is 0. The van der Waals surface area contributed by atoms with E-state index >= 15 is 0 Å². The predicted molar refractivity (Wildman–Crippen MR) is 77.5 cm³/mol. The highest BCUT2D eigenvalue weighted by molar-refractivity contribution is 7.86. The largest absolute Gasteiger partial charge is 0.393 e. The Bertz CT molecular complexity index is 384. The first-order chi connectivity index (χ1) is 8.37. The van der Waals surface area contributed by atoms with E-state index in [-0.39, 0.29) is 0 Å². The van der Waals surface area contributed by atoms with E-state index in [2.05, 4.69) is 6.92 Å². The predicted octanol–water partition coefficient (Wildman–Crippen LogP) is 0.961. The van der Waals surface area contributed by atoms with Crippen molar-refractivity contribution in [3.05, 3.63) is 0 Å². The fraction of sp³-hybridized carbons (Fsp3) is 0.909. The standard InChI is InChI=1S/C11H23N3O2S2/c1-3-13(8-6-11(12)17)18(15,16)14-7-4-5-10(2)9-14/h10H,3-9H2,1-2H3,(H2,12,17).